The van der Waals surface area contributed by atoms with Crippen LogP contribution in [0.2, 0.25) is 5.02 Å². The molecule has 1 amide bonds. The quantitative estimate of drug-likeness (QED) is 0.652. The lowest BCUT2D eigenvalue weighted by Gasteiger charge is -2.37. The molecule has 1 fully saturated rings. The average Bonchev–Trinajstić information content (AvgIpc) is 3.32. The normalized spacial score (nSPS) is 18.1. The summed E-state index contributed by atoms with van der Waals surface area (Å²) in [6, 6.07) is 9.44. The molecule has 168 valence electrons. The third-order valence-electron chi connectivity index (χ3n) is 6.09. The van der Waals surface area contributed by atoms with Crippen LogP contribution in [-0.4, -0.2) is 48.2 Å². The first kappa shape index (κ1) is 21.0. The summed E-state index contributed by atoms with van der Waals surface area (Å²) in [4.78, 5) is 19.3. The number of anilines is 1. The summed E-state index contributed by atoms with van der Waals surface area (Å²) in [6.45, 7) is 4.47. The van der Waals surface area contributed by atoms with E-state index in [2.05, 4.69) is 20.6 Å². The Balaban J connectivity index is 1.31. The van der Waals surface area contributed by atoms with Gasteiger partial charge in [-0.1, -0.05) is 29.8 Å². The van der Waals surface area contributed by atoms with E-state index in [1.54, 1.807) is 4.90 Å². The molecular weight excluding hydrogens is 443 g/mol. The summed E-state index contributed by atoms with van der Waals surface area (Å²) < 4.78 is 40.9. The molecule has 0 radical (unpaired) electrons. The fourth-order valence-corrected chi connectivity index (χ4v) is 4.90. The van der Waals surface area contributed by atoms with Gasteiger partial charge < -0.3 is 19.4 Å². The van der Waals surface area contributed by atoms with Gasteiger partial charge >= 0.3 is 6.36 Å². The predicted molar refractivity (Wildman–Crippen MR) is 115 cm³/mol. The maximum atomic E-state index is 13.0. The molecule has 5 rings (SSSR count). The number of amides is 1. The maximum Gasteiger partial charge on any atom is 0.573 e. The van der Waals surface area contributed by atoms with E-state index in [9.17, 15) is 18.0 Å². The number of hydrogen-bond acceptors (Lipinski definition) is 4. The van der Waals surface area contributed by atoms with E-state index in [1.165, 1.54) is 30.0 Å². The van der Waals surface area contributed by atoms with Crippen LogP contribution < -0.4 is 9.64 Å². The van der Waals surface area contributed by atoms with Gasteiger partial charge in [0.25, 0.3) is 5.91 Å². The topological polar surface area (TPSA) is 36.0 Å². The smallest absolute Gasteiger partial charge is 0.406 e. The molecule has 3 heterocycles. The number of nitrogens with zero attached hydrogens (tertiary/aromatic N) is 3. The van der Waals surface area contributed by atoms with E-state index < -0.39 is 6.36 Å². The molecule has 2 aromatic rings. The number of fused-ring (bicyclic) bond motifs is 2. The first-order valence-corrected chi connectivity index (χ1v) is 10.8. The average molecular weight is 464 g/mol. The Labute approximate surface area is 188 Å². The van der Waals surface area contributed by atoms with Gasteiger partial charge in [-0.15, -0.1) is 13.2 Å². The maximum absolute atomic E-state index is 13.0. The summed E-state index contributed by atoms with van der Waals surface area (Å²) in [5, 5.41) is 0.432. The molecule has 0 aliphatic carbocycles. The SMILES string of the molecule is O=C1c2c(Cl)cc(N3CCN4CCC=C4C3)cc2CN1Cc1ccc(OC(F)(F)F)cc1. The number of alkyl halides is 3. The van der Waals surface area contributed by atoms with Crippen molar-refractivity contribution in [1.82, 2.24) is 9.80 Å². The number of benzene rings is 2. The number of carbonyl (C=O) groups is 1. The van der Waals surface area contributed by atoms with Crippen molar-refractivity contribution in [3.8, 4) is 5.75 Å². The van der Waals surface area contributed by atoms with Gasteiger partial charge in [-0.25, -0.2) is 0 Å². The van der Waals surface area contributed by atoms with Crippen molar-refractivity contribution in [2.75, 3.05) is 31.1 Å². The number of rotatable bonds is 4. The lowest BCUT2D eigenvalue weighted by atomic mass is 10.1. The summed E-state index contributed by atoms with van der Waals surface area (Å²) in [6.07, 6.45) is -1.37. The van der Waals surface area contributed by atoms with Crippen LogP contribution in [0.25, 0.3) is 0 Å². The number of piperazine rings is 1. The van der Waals surface area contributed by atoms with Gasteiger partial charge in [-0.2, -0.15) is 0 Å². The third kappa shape index (κ3) is 4.11. The van der Waals surface area contributed by atoms with Crippen LogP contribution >= 0.6 is 11.6 Å². The van der Waals surface area contributed by atoms with E-state index in [0.717, 1.165) is 43.9 Å². The van der Waals surface area contributed by atoms with Crippen LogP contribution in [0.4, 0.5) is 18.9 Å². The fourth-order valence-electron chi connectivity index (χ4n) is 4.59. The van der Waals surface area contributed by atoms with E-state index in [0.29, 0.717) is 22.7 Å². The first-order valence-electron chi connectivity index (χ1n) is 10.4. The van der Waals surface area contributed by atoms with Gasteiger partial charge in [0, 0.05) is 44.1 Å². The third-order valence-corrected chi connectivity index (χ3v) is 6.39. The van der Waals surface area contributed by atoms with E-state index >= 15 is 0 Å². The molecule has 0 unspecified atom stereocenters. The summed E-state index contributed by atoms with van der Waals surface area (Å²) in [5.74, 6) is -0.460. The molecule has 1 saturated heterocycles. The summed E-state index contributed by atoms with van der Waals surface area (Å²) in [5.41, 5.74) is 4.43. The molecule has 0 atom stereocenters. The molecule has 5 nitrogen and oxygen atoms in total. The Bertz CT molecular complexity index is 1090. The number of hydrogen-bond donors (Lipinski definition) is 0. The van der Waals surface area contributed by atoms with Crippen molar-refractivity contribution in [2.24, 2.45) is 0 Å². The highest BCUT2D eigenvalue weighted by Gasteiger charge is 2.33. The largest absolute Gasteiger partial charge is 0.573 e. The van der Waals surface area contributed by atoms with Crippen LogP contribution in [0, 0.1) is 0 Å². The molecule has 2 aromatic carbocycles. The lowest BCUT2D eigenvalue weighted by Crippen LogP contribution is -2.43. The van der Waals surface area contributed by atoms with Crippen molar-refractivity contribution in [1.29, 1.82) is 0 Å². The second-order valence-corrected chi connectivity index (χ2v) is 8.61. The van der Waals surface area contributed by atoms with Crippen molar-refractivity contribution in [2.45, 2.75) is 25.9 Å². The first-order chi connectivity index (χ1) is 15.3. The molecule has 0 bridgehead atoms. The van der Waals surface area contributed by atoms with Crippen LogP contribution in [0.1, 0.15) is 27.9 Å². The molecule has 0 aromatic heterocycles. The minimum Gasteiger partial charge on any atom is -0.406 e. The second kappa shape index (κ2) is 7.92. The van der Waals surface area contributed by atoms with Crippen LogP contribution in [0.5, 0.6) is 5.75 Å². The van der Waals surface area contributed by atoms with Crippen molar-refractivity contribution in [3.05, 3.63) is 69.9 Å². The number of ether oxygens (including phenoxy) is 1. The highest BCUT2D eigenvalue weighted by Crippen LogP contribution is 2.36. The zero-order valence-corrected chi connectivity index (χ0v) is 17.9. The van der Waals surface area contributed by atoms with Crippen molar-refractivity contribution < 1.29 is 22.7 Å². The Morgan fingerprint density at radius 1 is 1.00 bits per heavy atom. The Morgan fingerprint density at radius 2 is 1.75 bits per heavy atom. The molecule has 0 N–H and O–H groups in total. The van der Waals surface area contributed by atoms with E-state index in [-0.39, 0.29) is 18.2 Å². The van der Waals surface area contributed by atoms with Gasteiger partial charge in [0.2, 0.25) is 0 Å². The zero-order valence-electron chi connectivity index (χ0n) is 17.2. The molecule has 32 heavy (non-hydrogen) atoms. The Morgan fingerprint density at radius 3 is 2.50 bits per heavy atom. The molecule has 0 spiro atoms. The minimum absolute atomic E-state index is 0.171. The predicted octanol–water partition coefficient (Wildman–Crippen LogP) is 4.80. The molecule has 9 heteroatoms. The van der Waals surface area contributed by atoms with Crippen molar-refractivity contribution in [3.63, 3.8) is 0 Å². The van der Waals surface area contributed by atoms with Crippen molar-refractivity contribution >= 4 is 23.2 Å². The van der Waals surface area contributed by atoms with E-state index in [1.807, 2.05) is 12.1 Å². The Kier molecular flexibility index (Phi) is 5.20. The Hall–Kier alpha value is -2.87. The highest BCUT2D eigenvalue weighted by atomic mass is 35.5. The van der Waals surface area contributed by atoms with Gasteiger partial charge in [-0.05, 0) is 41.8 Å². The highest BCUT2D eigenvalue weighted by molar-refractivity contribution is 6.34. The van der Waals surface area contributed by atoms with Gasteiger partial charge in [0.05, 0.1) is 17.1 Å². The summed E-state index contributed by atoms with van der Waals surface area (Å²) >= 11 is 6.53. The van der Waals surface area contributed by atoms with E-state index in [4.69, 9.17) is 11.6 Å². The van der Waals surface area contributed by atoms with Crippen LogP contribution in [0.15, 0.2) is 48.2 Å². The van der Waals surface area contributed by atoms with Crippen LogP contribution in [0.3, 0.4) is 0 Å². The monoisotopic (exact) mass is 463 g/mol. The number of halogens is 4. The zero-order chi connectivity index (χ0) is 22.5. The number of carbonyl (C=O) groups excluding carboxylic acids is 1. The standard InChI is InChI=1S/C23H21ClF3N3O2/c24-20-11-18(29-9-8-28-7-1-2-17(28)14-29)10-16-13-30(22(31)21(16)20)12-15-3-5-19(6-4-15)32-23(25,26)27/h2-6,10-11H,1,7-9,12-14H2. The van der Waals surface area contributed by atoms with Crippen LogP contribution in [-0.2, 0) is 13.1 Å². The fraction of sp³-hybridized carbons (Fsp3) is 0.348. The van der Waals surface area contributed by atoms with Gasteiger partial charge in [-0.3, -0.25) is 4.79 Å². The lowest BCUT2D eigenvalue weighted by molar-refractivity contribution is -0.274. The molecule has 3 aliphatic rings. The second-order valence-electron chi connectivity index (χ2n) is 8.21. The molecule has 0 saturated carbocycles. The van der Waals surface area contributed by atoms with Gasteiger partial charge in [0.1, 0.15) is 5.75 Å². The minimum atomic E-state index is -4.73. The molecular formula is C23H21ClF3N3O2. The molecule has 3 aliphatic heterocycles. The van der Waals surface area contributed by atoms with Gasteiger partial charge in [0.15, 0.2) is 0 Å². The summed E-state index contributed by atoms with van der Waals surface area (Å²) in [7, 11) is 0.